The lowest BCUT2D eigenvalue weighted by molar-refractivity contribution is -0.136. The molecule has 0 saturated heterocycles. The molecule has 0 aromatic heterocycles. The van der Waals surface area contributed by atoms with E-state index in [0.29, 0.717) is 16.8 Å². The maximum Gasteiger partial charge on any atom is 0.387 e. The van der Waals surface area contributed by atoms with E-state index in [1.807, 2.05) is 0 Å². The molecule has 3 rings (SSSR count). The van der Waals surface area contributed by atoms with Crippen molar-refractivity contribution in [1.29, 1.82) is 0 Å². The average Bonchev–Trinajstić information content (AvgIpc) is 3.38. The number of allylic oxidation sites excluding steroid dienone is 1. The van der Waals surface area contributed by atoms with Gasteiger partial charge in [-0.05, 0) is 37.5 Å². The van der Waals surface area contributed by atoms with Gasteiger partial charge < -0.3 is 14.8 Å². The van der Waals surface area contributed by atoms with Crippen LogP contribution in [0.4, 0.5) is 13.6 Å². The zero-order chi connectivity index (χ0) is 18.1. The van der Waals surface area contributed by atoms with Crippen LogP contribution in [0.5, 0.6) is 5.75 Å². The first-order chi connectivity index (χ1) is 11.9. The van der Waals surface area contributed by atoms with E-state index in [4.69, 9.17) is 4.74 Å². The number of carbonyl (C=O) groups excluding carboxylic acids is 2. The summed E-state index contributed by atoms with van der Waals surface area (Å²) in [6.07, 6.45) is 1.78. The number of ether oxygens (including phenoxy) is 2. The zero-order valence-corrected chi connectivity index (χ0v) is 13.8. The number of amides is 2. The number of rotatable bonds is 5. The quantitative estimate of drug-likeness (QED) is 0.828. The third kappa shape index (κ3) is 3.42. The van der Waals surface area contributed by atoms with Crippen LogP contribution in [0.25, 0.3) is 0 Å². The number of benzene rings is 1. The third-order valence-electron chi connectivity index (χ3n) is 4.28. The number of esters is 1. The van der Waals surface area contributed by atoms with Gasteiger partial charge in [-0.25, -0.2) is 9.59 Å². The number of carbonyl (C=O) groups is 2. The van der Waals surface area contributed by atoms with Crippen LogP contribution in [0.15, 0.2) is 35.5 Å². The Balaban J connectivity index is 1.95. The smallest absolute Gasteiger partial charge is 0.387 e. The molecule has 1 aliphatic carbocycles. The van der Waals surface area contributed by atoms with Crippen molar-refractivity contribution in [2.45, 2.75) is 38.5 Å². The average molecular weight is 352 g/mol. The largest absolute Gasteiger partial charge is 0.466 e. The van der Waals surface area contributed by atoms with Gasteiger partial charge in [0.15, 0.2) is 0 Å². The monoisotopic (exact) mass is 352 g/mol. The third-order valence-corrected chi connectivity index (χ3v) is 4.28. The van der Waals surface area contributed by atoms with E-state index < -0.39 is 18.6 Å². The van der Waals surface area contributed by atoms with Crippen molar-refractivity contribution >= 4 is 12.0 Å². The predicted molar refractivity (Wildman–Crippen MR) is 83.9 cm³/mol. The molecule has 1 aromatic rings. The first kappa shape index (κ1) is 17.2. The van der Waals surface area contributed by atoms with Crippen LogP contribution >= 0.6 is 0 Å². The Morgan fingerprint density at radius 1 is 1.28 bits per heavy atom. The molecule has 25 heavy (non-hydrogen) atoms. The molecule has 2 amide bonds. The van der Waals surface area contributed by atoms with Gasteiger partial charge in [0.1, 0.15) is 5.75 Å². The standard InChI is InChI=1S/C17H18F2N2O4/c1-9-13(15(22)24-2)14(20-17(23)21(9)11-5-6-11)10-3-7-12(8-4-10)25-16(18)19/h3-4,7-8,11,14,16H,5-6H2,1-2H3,(H,20,23)/t14-/m1/s1. The molecule has 8 heteroatoms. The molecule has 1 saturated carbocycles. The summed E-state index contributed by atoms with van der Waals surface area (Å²) in [5.74, 6) is -0.540. The van der Waals surface area contributed by atoms with Gasteiger partial charge in [-0.15, -0.1) is 0 Å². The molecule has 1 heterocycles. The van der Waals surface area contributed by atoms with Crippen molar-refractivity contribution < 1.29 is 27.8 Å². The summed E-state index contributed by atoms with van der Waals surface area (Å²) in [4.78, 5) is 26.3. The van der Waals surface area contributed by atoms with E-state index in [1.54, 1.807) is 11.8 Å². The first-order valence-electron chi connectivity index (χ1n) is 7.86. The van der Waals surface area contributed by atoms with Gasteiger partial charge in [0.05, 0.1) is 18.7 Å². The molecule has 1 atom stereocenters. The van der Waals surface area contributed by atoms with E-state index in [-0.39, 0.29) is 17.8 Å². The van der Waals surface area contributed by atoms with Crippen molar-refractivity contribution in [3.05, 3.63) is 41.1 Å². The summed E-state index contributed by atoms with van der Waals surface area (Å²) < 4.78 is 33.7. The second-order valence-corrected chi connectivity index (χ2v) is 5.92. The Hall–Kier alpha value is -2.64. The molecule has 6 nitrogen and oxygen atoms in total. The molecule has 1 N–H and O–H groups in total. The Morgan fingerprint density at radius 2 is 1.92 bits per heavy atom. The minimum Gasteiger partial charge on any atom is -0.466 e. The maximum absolute atomic E-state index is 12.4. The van der Waals surface area contributed by atoms with Crippen molar-refractivity contribution in [2.24, 2.45) is 0 Å². The fourth-order valence-corrected chi connectivity index (χ4v) is 3.00. The topological polar surface area (TPSA) is 67.9 Å². The molecule has 1 aromatic carbocycles. The fraction of sp³-hybridized carbons (Fsp3) is 0.412. The lowest BCUT2D eigenvalue weighted by Gasteiger charge is -2.35. The van der Waals surface area contributed by atoms with Crippen LogP contribution < -0.4 is 10.1 Å². The highest BCUT2D eigenvalue weighted by molar-refractivity contribution is 5.95. The van der Waals surface area contributed by atoms with E-state index in [0.717, 1.165) is 12.8 Å². The lowest BCUT2D eigenvalue weighted by Crippen LogP contribution is -2.48. The van der Waals surface area contributed by atoms with E-state index in [9.17, 15) is 18.4 Å². The molecule has 0 unspecified atom stereocenters. The number of alkyl halides is 2. The van der Waals surface area contributed by atoms with Crippen molar-refractivity contribution in [3.8, 4) is 5.75 Å². The minimum atomic E-state index is -2.92. The van der Waals surface area contributed by atoms with E-state index >= 15 is 0 Å². The minimum absolute atomic E-state index is 0.000752. The van der Waals surface area contributed by atoms with Crippen LogP contribution in [-0.4, -0.2) is 36.7 Å². The summed E-state index contributed by atoms with van der Waals surface area (Å²) in [6, 6.07) is 4.90. The number of urea groups is 1. The van der Waals surface area contributed by atoms with Gasteiger partial charge in [-0.2, -0.15) is 8.78 Å². The number of halogens is 2. The first-order valence-corrected chi connectivity index (χ1v) is 7.86. The van der Waals surface area contributed by atoms with E-state index in [1.165, 1.54) is 31.4 Å². The highest BCUT2D eigenvalue weighted by atomic mass is 19.3. The summed E-state index contributed by atoms with van der Waals surface area (Å²) in [6.45, 7) is -1.20. The Morgan fingerprint density at radius 3 is 2.44 bits per heavy atom. The van der Waals surface area contributed by atoms with Gasteiger partial charge in [-0.1, -0.05) is 12.1 Å². The second-order valence-electron chi connectivity index (χ2n) is 5.92. The Bertz CT molecular complexity index is 714. The van der Waals surface area contributed by atoms with Crippen LogP contribution in [0.3, 0.4) is 0 Å². The molecule has 2 aliphatic rings. The molecule has 0 spiro atoms. The second kappa shape index (κ2) is 6.70. The molecule has 0 radical (unpaired) electrons. The van der Waals surface area contributed by atoms with Crippen LogP contribution in [0.2, 0.25) is 0 Å². The molecular weight excluding hydrogens is 334 g/mol. The van der Waals surface area contributed by atoms with Gasteiger partial charge in [0, 0.05) is 11.7 Å². The van der Waals surface area contributed by atoms with Crippen LogP contribution in [-0.2, 0) is 9.53 Å². The number of hydrogen-bond acceptors (Lipinski definition) is 4. The predicted octanol–water partition coefficient (Wildman–Crippen LogP) is 2.96. The Labute approximate surface area is 143 Å². The molecule has 1 fully saturated rings. The maximum atomic E-state index is 12.4. The number of nitrogens with zero attached hydrogens (tertiary/aromatic N) is 1. The van der Waals surface area contributed by atoms with Crippen LogP contribution in [0, 0.1) is 0 Å². The zero-order valence-electron chi connectivity index (χ0n) is 13.8. The summed E-state index contributed by atoms with van der Waals surface area (Å²) in [7, 11) is 1.27. The normalized spacial score (nSPS) is 20.6. The van der Waals surface area contributed by atoms with Crippen LogP contribution in [0.1, 0.15) is 31.4 Å². The summed E-state index contributed by atoms with van der Waals surface area (Å²) in [5.41, 5.74) is 1.46. The summed E-state index contributed by atoms with van der Waals surface area (Å²) in [5, 5.41) is 2.80. The van der Waals surface area contributed by atoms with Gasteiger partial charge >= 0.3 is 18.6 Å². The van der Waals surface area contributed by atoms with Crippen molar-refractivity contribution in [3.63, 3.8) is 0 Å². The molecular formula is C17H18F2N2O4. The fourth-order valence-electron chi connectivity index (χ4n) is 3.00. The number of hydrogen-bond donors (Lipinski definition) is 1. The van der Waals surface area contributed by atoms with E-state index in [2.05, 4.69) is 10.1 Å². The Kier molecular flexibility index (Phi) is 4.61. The SMILES string of the molecule is COC(=O)C1=C(C)N(C2CC2)C(=O)N[C@@H]1c1ccc(OC(F)F)cc1. The van der Waals surface area contributed by atoms with Crippen molar-refractivity contribution in [1.82, 2.24) is 10.2 Å². The number of nitrogens with one attached hydrogen (secondary N) is 1. The van der Waals surface area contributed by atoms with Crippen molar-refractivity contribution in [2.75, 3.05) is 7.11 Å². The van der Waals surface area contributed by atoms with Gasteiger partial charge in [-0.3, -0.25) is 4.90 Å². The van der Waals surface area contributed by atoms with Gasteiger partial charge in [0.25, 0.3) is 0 Å². The molecule has 1 aliphatic heterocycles. The summed E-state index contributed by atoms with van der Waals surface area (Å²) >= 11 is 0. The van der Waals surface area contributed by atoms with Gasteiger partial charge in [0.2, 0.25) is 0 Å². The lowest BCUT2D eigenvalue weighted by atomic mass is 9.94. The molecule has 134 valence electrons. The highest BCUT2D eigenvalue weighted by Crippen LogP contribution is 2.38. The highest BCUT2D eigenvalue weighted by Gasteiger charge is 2.42. The molecule has 0 bridgehead atoms. The number of methoxy groups -OCH3 is 1.